The highest BCUT2D eigenvalue weighted by Crippen LogP contribution is 2.37. The summed E-state index contributed by atoms with van der Waals surface area (Å²) in [6.07, 6.45) is 3.52. The molecule has 5 nitrogen and oxygen atoms in total. The second kappa shape index (κ2) is 8.13. The molecule has 0 saturated carbocycles. The van der Waals surface area contributed by atoms with Gasteiger partial charge in [-0.05, 0) is 41.7 Å². The van der Waals surface area contributed by atoms with Crippen molar-refractivity contribution in [1.82, 2.24) is 15.0 Å². The highest BCUT2D eigenvalue weighted by atomic mass is 32.1. The molecule has 1 unspecified atom stereocenters. The summed E-state index contributed by atoms with van der Waals surface area (Å²) in [6, 6.07) is 14.8. The zero-order chi connectivity index (χ0) is 21.3. The summed E-state index contributed by atoms with van der Waals surface area (Å²) < 4.78 is 1.04. The number of rotatable bonds is 5. The van der Waals surface area contributed by atoms with Gasteiger partial charge in [-0.1, -0.05) is 45.0 Å². The lowest BCUT2D eigenvalue weighted by Crippen LogP contribution is -2.25. The Bertz CT molecular complexity index is 1140. The minimum atomic E-state index is 0.0313. The fraction of sp³-hybridized carbons (Fsp3) is 0.292. The van der Waals surface area contributed by atoms with Crippen LogP contribution in [0.15, 0.2) is 54.9 Å². The van der Waals surface area contributed by atoms with Gasteiger partial charge >= 0.3 is 0 Å². The van der Waals surface area contributed by atoms with E-state index in [2.05, 4.69) is 61.4 Å². The number of aromatic nitrogens is 3. The lowest BCUT2D eigenvalue weighted by molar-refractivity contribution is 0.590. The lowest BCUT2D eigenvalue weighted by atomic mass is 9.86. The molecule has 0 fully saturated rings. The molecule has 6 heteroatoms. The maximum absolute atomic E-state index is 5.97. The van der Waals surface area contributed by atoms with Crippen LogP contribution in [0.4, 0.5) is 5.82 Å². The summed E-state index contributed by atoms with van der Waals surface area (Å²) in [5.74, 6) is 1.51. The number of thiophene rings is 1. The van der Waals surface area contributed by atoms with Crippen LogP contribution in [0.1, 0.15) is 33.3 Å². The molecular formula is C24H27N5S. The summed E-state index contributed by atoms with van der Waals surface area (Å²) in [7, 11) is 0. The molecule has 0 radical (unpaired) electrons. The van der Waals surface area contributed by atoms with Crippen LogP contribution in [0.3, 0.4) is 0 Å². The third-order valence-corrected chi connectivity index (χ3v) is 6.12. The summed E-state index contributed by atoms with van der Waals surface area (Å²) in [5.41, 5.74) is 10.5. The number of hydrogen-bond donors (Lipinski definition) is 2. The number of anilines is 1. The molecule has 3 aromatic heterocycles. The predicted molar refractivity (Wildman–Crippen MR) is 127 cm³/mol. The standard InChI is InChI=1S/C24H27N5S/c1-15(25)14-27-23-21-19(28-22(29-23)17-9-11-26-12-10-17)13-20(30-21)16-5-7-18(8-6-16)24(2,3)4/h5-13,15H,14,25H2,1-4H3,(H,27,28,29). The molecule has 3 N–H and O–H groups in total. The number of hydrogen-bond acceptors (Lipinski definition) is 6. The van der Waals surface area contributed by atoms with Crippen molar-refractivity contribution in [3.05, 3.63) is 60.4 Å². The van der Waals surface area contributed by atoms with Gasteiger partial charge in [0.25, 0.3) is 0 Å². The number of nitrogens with one attached hydrogen (secondary N) is 1. The van der Waals surface area contributed by atoms with Gasteiger partial charge < -0.3 is 11.1 Å². The lowest BCUT2D eigenvalue weighted by Gasteiger charge is -2.18. The Morgan fingerprint density at radius 3 is 2.33 bits per heavy atom. The minimum absolute atomic E-state index is 0.0313. The SMILES string of the molecule is CC(N)CNc1nc(-c2ccncc2)nc2cc(-c3ccc(C(C)(C)C)cc3)sc12. The number of benzene rings is 1. The van der Waals surface area contributed by atoms with Gasteiger partial charge in [0.15, 0.2) is 5.82 Å². The van der Waals surface area contributed by atoms with Crippen LogP contribution in [0, 0.1) is 0 Å². The van der Waals surface area contributed by atoms with Crippen LogP contribution >= 0.6 is 11.3 Å². The van der Waals surface area contributed by atoms with E-state index in [0.717, 1.165) is 21.6 Å². The van der Waals surface area contributed by atoms with E-state index in [9.17, 15) is 0 Å². The maximum Gasteiger partial charge on any atom is 0.162 e. The van der Waals surface area contributed by atoms with E-state index in [1.54, 1.807) is 23.7 Å². The van der Waals surface area contributed by atoms with E-state index in [1.807, 2.05) is 19.1 Å². The molecule has 1 aromatic carbocycles. The van der Waals surface area contributed by atoms with Gasteiger partial charge in [-0.25, -0.2) is 9.97 Å². The Hall–Kier alpha value is -2.83. The van der Waals surface area contributed by atoms with Crippen LogP contribution < -0.4 is 11.1 Å². The molecular weight excluding hydrogens is 390 g/mol. The molecule has 30 heavy (non-hydrogen) atoms. The van der Waals surface area contributed by atoms with Crippen molar-refractivity contribution in [2.24, 2.45) is 5.73 Å². The molecule has 0 aliphatic heterocycles. The van der Waals surface area contributed by atoms with E-state index in [-0.39, 0.29) is 11.5 Å². The summed E-state index contributed by atoms with van der Waals surface area (Å²) in [5, 5.41) is 3.41. The number of nitrogens with two attached hydrogens (primary N) is 1. The second-order valence-electron chi connectivity index (χ2n) is 8.64. The first kappa shape index (κ1) is 20.4. The monoisotopic (exact) mass is 417 g/mol. The molecule has 0 amide bonds. The Balaban J connectivity index is 1.79. The average molecular weight is 418 g/mol. The first-order valence-electron chi connectivity index (χ1n) is 10.1. The van der Waals surface area contributed by atoms with E-state index in [1.165, 1.54) is 16.0 Å². The second-order valence-corrected chi connectivity index (χ2v) is 9.69. The van der Waals surface area contributed by atoms with E-state index >= 15 is 0 Å². The van der Waals surface area contributed by atoms with Crippen molar-refractivity contribution < 1.29 is 0 Å². The molecule has 0 bridgehead atoms. The van der Waals surface area contributed by atoms with Crippen molar-refractivity contribution in [3.63, 3.8) is 0 Å². The van der Waals surface area contributed by atoms with Crippen LogP contribution in [-0.4, -0.2) is 27.5 Å². The van der Waals surface area contributed by atoms with Crippen molar-refractivity contribution in [2.75, 3.05) is 11.9 Å². The van der Waals surface area contributed by atoms with Gasteiger partial charge in [0.2, 0.25) is 0 Å². The van der Waals surface area contributed by atoms with Gasteiger partial charge in [-0.3, -0.25) is 4.98 Å². The van der Waals surface area contributed by atoms with E-state index in [4.69, 9.17) is 15.7 Å². The maximum atomic E-state index is 5.97. The Morgan fingerprint density at radius 2 is 1.70 bits per heavy atom. The van der Waals surface area contributed by atoms with E-state index in [0.29, 0.717) is 12.4 Å². The molecule has 0 saturated heterocycles. The zero-order valence-electron chi connectivity index (χ0n) is 17.8. The van der Waals surface area contributed by atoms with Gasteiger partial charge in [0.1, 0.15) is 5.82 Å². The van der Waals surface area contributed by atoms with Crippen LogP contribution in [-0.2, 0) is 5.41 Å². The molecule has 0 aliphatic carbocycles. The van der Waals surface area contributed by atoms with Crippen LogP contribution in [0.2, 0.25) is 0 Å². The van der Waals surface area contributed by atoms with Gasteiger partial charge in [-0.15, -0.1) is 11.3 Å². The average Bonchev–Trinajstić information content (AvgIpc) is 3.16. The highest BCUT2D eigenvalue weighted by molar-refractivity contribution is 7.22. The number of pyridine rings is 1. The molecule has 4 aromatic rings. The smallest absolute Gasteiger partial charge is 0.162 e. The van der Waals surface area contributed by atoms with Crippen LogP contribution in [0.25, 0.3) is 32.0 Å². The van der Waals surface area contributed by atoms with Gasteiger partial charge in [-0.2, -0.15) is 0 Å². The van der Waals surface area contributed by atoms with Gasteiger partial charge in [0.05, 0.1) is 10.2 Å². The molecule has 0 aliphatic rings. The minimum Gasteiger partial charge on any atom is -0.367 e. The first-order chi connectivity index (χ1) is 14.3. The van der Waals surface area contributed by atoms with Crippen molar-refractivity contribution >= 4 is 27.4 Å². The Labute approximate surface area is 181 Å². The quantitative estimate of drug-likeness (QED) is 0.450. The number of fused-ring (bicyclic) bond motifs is 1. The molecule has 154 valence electrons. The number of nitrogens with zero attached hydrogens (tertiary/aromatic N) is 3. The normalized spacial score (nSPS) is 12.8. The topological polar surface area (TPSA) is 76.7 Å². The fourth-order valence-electron chi connectivity index (χ4n) is 3.21. The molecule has 3 heterocycles. The Morgan fingerprint density at radius 1 is 1.00 bits per heavy atom. The fourth-order valence-corrected chi connectivity index (χ4v) is 4.28. The third-order valence-electron chi connectivity index (χ3n) is 4.94. The summed E-state index contributed by atoms with van der Waals surface area (Å²) >= 11 is 1.71. The third kappa shape index (κ3) is 4.35. The van der Waals surface area contributed by atoms with Crippen molar-refractivity contribution in [2.45, 2.75) is 39.2 Å². The van der Waals surface area contributed by atoms with Gasteiger partial charge in [0, 0.05) is 35.4 Å². The Kier molecular flexibility index (Phi) is 5.54. The van der Waals surface area contributed by atoms with Crippen molar-refractivity contribution in [1.29, 1.82) is 0 Å². The summed E-state index contributed by atoms with van der Waals surface area (Å²) in [4.78, 5) is 14.9. The largest absolute Gasteiger partial charge is 0.367 e. The molecule has 4 rings (SSSR count). The highest BCUT2D eigenvalue weighted by Gasteiger charge is 2.16. The molecule has 0 spiro atoms. The first-order valence-corrected chi connectivity index (χ1v) is 11.0. The van der Waals surface area contributed by atoms with Crippen molar-refractivity contribution in [3.8, 4) is 21.8 Å². The zero-order valence-corrected chi connectivity index (χ0v) is 18.6. The predicted octanol–water partition coefficient (Wildman–Crippen LogP) is 5.48. The summed E-state index contributed by atoms with van der Waals surface area (Å²) in [6.45, 7) is 9.32. The van der Waals surface area contributed by atoms with E-state index < -0.39 is 0 Å². The molecule has 1 atom stereocenters. The van der Waals surface area contributed by atoms with Crippen LogP contribution in [0.5, 0.6) is 0 Å².